The molecule has 0 N–H and O–H groups in total. The number of carbonyl (C=O) groups excluding carboxylic acids is 1. The molecule has 4 aliphatic rings. The van der Waals surface area contributed by atoms with Gasteiger partial charge in [-0.1, -0.05) is 42.3 Å². The first-order chi connectivity index (χ1) is 33.7. The average Bonchev–Trinajstić information content (AvgIpc) is 3.84. The lowest BCUT2D eigenvalue weighted by Gasteiger charge is -2.44. The molecule has 9 rings (SSSR count). The zero-order valence-corrected chi connectivity index (χ0v) is 41.5. The average molecular weight is 1010 g/mol. The van der Waals surface area contributed by atoms with Crippen molar-refractivity contribution in [3.05, 3.63) is 99.6 Å². The molecule has 0 radical (unpaired) electrons. The number of carbonyl (C=O) groups is 1. The Morgan fingerprint density at radius 1 is 0.845 bits per heavy atom. The summed E-state index contributed by atoms with van der Waals surface area (Å²) in [6.45, 7) is 8.85. The topological polar surface area (TPSA) is 92.7 Å². The fourth-order valence-electron chi connectivity index (χ4n) is 10.8. The molecular weight excluding hydrogens is 950 g/mol. The highest BCUT2D eigenvalue weighted by Gasteiger charge is 2.46. The van der Waals surface area contributed by atoms with Gasteiger partial charge in [0.25, 0.3) is 0 Å². The van der Waals surface area contributed by atoms with Gasteiger partial charge in [-0.25, -0.2) is 18.0 Å². The summed E-state index contributed by atoms with van der Waals surface area (Å²) in [5.74, 6) is -1.28. The summed E-state index contributed by atoms with van der Waals surface area (Å²) in [5, 5.41) is -0.424. The second-order valence-corrected chi connectivity index (χ2v) is 20.9. The Bertz CT molecular complexity index is 2710. The first-order valence-electron chi connectivity index (χ1n) is 24.1. The van der Waals surface area contributed by atoms with E-state index in [4.69, 9.17) is 35.5 Å². The quantitative estimate of drug-likeness (QED) is 0.100. The second kappa shape index (κ2) is 19.7. The number of ether oxygens (including phenoxy) is 4. The second-order valence-electron chi connectivity index (χ2n) is 20.5. The maximum atomic E-state index is 18.0. The SMILES string of the molecule is COc1ccc(CN(Cc2ccc(OC)cc2)c2cc(C)c(C(F)(F)F)c(-c3c(Cl)cc4c(N5CC6CCC(C5)N6C(=O)OC(C)(C)C)nc(OCC5(CN6CC[C@@H](F)C6)CCC5)nc4c3F)c2F)cc1. The van der Waals surface area contributed by atoms with Crippen LogP contribution in [0.4, 0.5) is 42.6 Å². The van der Waals surface area contributed by atoms with Crippen LogP contribution in [0.3, 0.4) is 0 Å². The summed E-state index contributed by atoms with van der Waals surface area (Å²) >= 11 is 7.01. The van der Waals surface area contributed by atoms with Gasteiger partial charge in [0.2, 0.25) is 0 Å². The minimum Gasteiger partial charge on any atom is -0.497 e. The maximum absolute atomic E-state index is 18.0. The predicted molar refractivity (Wildman–Crippen MR) is 260 cm³/mol. The maximum Gasteiger partial charge on any atom is 0.417 e. The third-order valence-electron chi connectivity index (χ3n) is 14.3. The third-order valence-corrected chi connectivity index (χ3v) is 14.6. The van der Waals surface area contributed by atoms with Crippen LogP contribution in [-0.4, -0.2) is 103 Å². The molecule has 4 heterocycles. The van der Waals surface area contributed by atoms with Gasteiger partial charge in [-0.3, -0.25) is 9.80 Å². The van der Waals surface area contributed by atoms with E-state index in [2.05, 4.69) is 9.88 Å². The minimum absolute atomic E-state index is 0.0409. The monoisotopic (exact) mass is 1010 g/mol. The van der Waals surface area contributed by atoms with Crippen molar-refractivity contribution in [2.75, 3.05) is 63.4 Å². The summed E-state index contributed by atoms with van der Waals surface area (Å²) in [6, 6.07) is 15.6. The number of rotatable bonds is 14. The van der Waals surface area contributed by atoms with Crippen LogP contribution in [0, 0.1) is 24.0 Å². The number of benzene rings is 4. The summed E-state index contributed by atoms with van der Waals surface area (Å²) in [5.41, 5.74) is -3.97. The predicted octanol–water partition coefficient (Wildman–Crippen LogP) is 12.0. The molecule has 3 atom stereocenters. The highest BCUT2D eigenvalue weighted by Crippen LogP contribution is 2.50. The largest absolute Gasteiger partial charge is 0.497 e. The van der Waals surface area contributed by atoms with Gasteiger partial charge < -0.3 is 28.7 Å². The molecule has 1 amide bonds. The molecule has 18 heteroatoms. The Morgan fingerprint density at radius 2 is 1.45 bits per heavy atom. The zero-order valence-electron chi connectivity index (χ0n) is 40.8. The number of piperazine rings is 1. The number of methoxy groups -OCH3 is 2. The van der Waals surface area contributed by atoms with Crippen LogP contribution in [0.2, 0.25) is 5.02 Å². The van der Waals surface area contributed by atoms with E-state index in [-0.39, 0.29) is 78.7 Å². The minimum atomic E-state index is -5.16. The number of likely N-dealkylation sites (tertiary alicyclic amines) is 1. The van der Waals surface area contributed by atoms with Gasteiger partial charge in [0, 0.05) is 67.7 Å². The van der Waals surface area contributed by atoms with Crippen LogP contribution in [0.5, 0.6) is 17.5 Å². The number of anilines is 2. The lowest BCUT2D eigenvalue weighted by Crippen LogP contribution is -2.57. The van der Waals surface area contributed by atoms with E-state index >= 15 is 22.0 Å². The van der Waals surface area contributed by atoms with E-state index in [1.54, 1.807) is 79.1 Å². The van der Waals surface area contributed by atoms with Crippen molar-refractivity contribution in [1.82, 2.24) is 19.8 Å². The number of hydrogen-bond donors (Lipinski definition) is 0. The number of alkyl halides is 4. The molecule has 380 valence electrons. The van der Waals surface area contributed by atoms with Crippen molar-refractivity contribution in [3.63, 3.8) is 0 Å². The van der Waals surface area contributed by atoms with E-state index in [0.29, 0.717) is 61.5 Å². The smallest absolute Gasteiger partial charge is 0.417 e. The Kier molecular flexibility index (Phi) is 14.0. The molecular formula is C53H59ClF6N6O5. The first kappa shape index (κ1) is 50.3. The molecule has 3 saturated heterocycles. The van der Waals surface area contributed by atoms with Crippen LogP contribution >= 0.6 is 11.6 Å². The molecule has 5 aromatic rings. The van der Waals surface area contributed by atoms with Crippen molar-refractivity contribution >= 4 is 40.1 Å². The Balaban J connectivity index is 1.17. The van der Waals surface area contributed by atoms with E-state index in [9.17, 15) is 9.18 Å². The standard InChI is InChI=1S/C53H59ClF6N6O5/c1-31-22-41(64(24-32-8-14-37(68-5)15-9-32)25-33-10-16-38(69-6)17-11-33)45(56)43(44(31)53(58,59)60)42-40(54)23-39-47(46(42)57)61-49(70-30-52(19-7-20-52)29-63-21-18-34(55)26-63)62-48(39)65-27-35-12-13-36(28-65)66(35)50(67)71-51(2,3)4/h8-11,14-17,22-23,34-36H,7,12-13,18-21,24-30H2,1-6H3/t34-,35?,36?/m1/s1. The van der Waals surface area contributed by atoms with Crippen LogP contribution in [0.15, 0.2) is 60.7 Å². The molecule has 1 aliphatic carbocycles. The van der Waals surface area contributed by atoms with Crippen molar-refractivity contribution in [3.8, 4) is 28.6 Å². The summed E-state index contributed by atoms with van der Waals surface area (Å²) < 4.78 is 119. The van der Waals surface area contributed by atoms with Crippen molar-refractivity contribution in [2.24, 2.45) is 5.41 Å². The molecule has 4 fully saturated rings. The normalized spacial score (nSPS) is 20.0. The molecule has 4 aromatic carbocycles. The van der Waals surface area contributed by atoms with Crippen LogP contribution in [0.25, 0.3) is 22.0 Å². The lowest BCUT2D eigenvalue weighted by atomic mass is 9.69. The number of nitrogens with zero attached hydrogens (tertiary/aromatic N) is 6. The molecule has 2 bridgehead atoms. The molecule has 1 aromatic heterocycles. The lowest BCUT2D eigenvalue weighted by molar-refractivity contribution is -0.137. The summed E-state index contributed by atoms with van der Waals surface area (Å²) in [6.07, 6.45) is -2.22. The van der Waals surface area contributed by atoms with Gasteiger partial charge in [-0.05, 0) is 113 Å². The van der Waals surface area contributed by atoms with Gasteiger partial charge in [-0.2, -0.15) is 23.1 Å². The molecule has 0 spiro atoms. The fraction of sp³-hybridized carbons (Fsp3) is 0.491. The van der Waals surface area contributed by atoms with Gasteiger partial charge in [-0.15, -0.1) is 0 Å². The molecule has 3 aliphatic heterocycles. The van der Waals surface area contributed by atoms with Gasteiger partial charge >= 0.3 is 18.3 Å². The number of aromatic nitrogens is 2. The summed E-state index contributed by atoms with van der Waals surface area (Å²) in [4.78, 5) is 30.2. The number of halogens is 7. The molecule has 1 saturated carbocycles. The van der Waals surface area contributed by atoms with E-state index in [1.165, 1.54) is 27.2 Å². The van der Waals surface area contributed by atoms with Gasteiger partial charge in [0.15, 0.2) is 11.6 Å². The number of aryl methyl sites for hydroxylation is 1. The highest BCUT2D eigenvalue weighted by molar-refractivity contribution is 6.34. The third kappa shape index (κ3) is 10.5. The van der Waals surface area contributed by atoms with Crippen LogP contribution < -0.4 is 24.0 Å². The van der Waals surface area contributed by atoms with Crippen LogP contribution in [0.1, 0.15) is 81.5 Å². The number of hydrogen-bond acceptors (Lipinski definition) is 10. The van der Waals surface area contributed by atoms with Gasteiger partial charge in [0.05, 0.1) is 49.2 Å². The Labute approximate surface area is 415 Å². The fourth-order valence-corrected chi connectivity index (χ4v) is 11.1. The van der Waals surface area contributed by atoms with Gasteiger partial charge in [0.1, 0.15) is 34.6 Å². The Hall–Kier alpha value is -5.68. The first-order valence-corrected chi connectivity index (χ1v) is 24.5. The van der Waals surface area contributed by atoms with Crippen LogP contribution in [-0.2, 0) is 24.0 Å². The Morgan fingerprint density at radius 3 is 1.96 bits per heavy atom. The molecule has 71 heavy (non-hydrogen) atoms. The van der Waals surface area contributed by atoms with Crippen molar-refractivity contribution in [1.29, 1.82) is 0 Å². The van der Waals surface area contributed by atoms with E-state index in [1.807, 2.05) is 4.90 Å². The van der Waals surface area contributed by atoms with Crippen molar-refractivity contribution < 1.29 is 50.1 Å². The van der Waals surface area contributed by atoms with E-state index < -0.39 is 62.9 Å². The van der Waals surface area contributed by atoms with E-state index in [0.717, 1.165) is 25.3 Å². The van der Waals surface area contributed by atoms with Crippen molar-refractivity contribution in [2.45, 2.75) is 109 Å². The molecule has 11 nitrogen and oxygen atoms in total. The zero-order chi connectivity index (χ0) is 50.6. The number of amides is 1. The molecule has 2 unspecified atom stereocenters. The number of fused-ring (bicyclic) bond motifs is 3. The highest BCUT2D eigenvalue weighted by atomic mass is 35.5. The summed E-state index contributed by atoms with van der Waals surface area (Å²) in [7, 11) is 3.04.